The van der Waals surface area contributed by atoms with Crippen LogP contribution in [0.4, 0.5) is 0 Å². The average Bonchev–Trinajstić information content (AvgIpc) is 2.99. The molecule has 0 unspecified atom stereocenters. The van der Waals surface area contributed by atoms with Gasteiger partial charge >= 0.3 is 0 Å². The van der Waals surface area contributed by atoms with E-state index in [1.165, 1.54) is 6.42 Å². The maximum absolute atomic E-state index is 5.67. The largest absolute Gasteiger partial charge is 0.497 e. The molecule has 1 aliphatic rings. The number of rotatable bonds is 10. The Balaban J connectivity index is 1.78. The van der Waals surface area contributed by atoms with Crippen LogP contribution in [0.25, 0.3) is 5.57 Å². The second-order valence-corrected chi connectivity index (χ2v) is 11.5. The van der Waals surface area contributed by atoms with Gasteiger partial charge in [0.1, 0.15) is 15.6 Å². The number of benzene rings is 3. The van der Waals surface area contributed by atoms with Gasteiger partial charge < -0.3 is 23.7 Å². The topological polar surface area (TPSA) is 46.2 Å². The van der Waals surface area contributed by atoms with Crippen LogP contribution in [0.1, 0.15) is 23.1 Å². The zero-order chi connectivity index (χ0) is 27.0. The number of methoxy groups -OCH3 is 5. The monoisotopic (exact) mass is 550 g/mol. The van der Waals surface area contributed by atoms with E-state index in [9.17, 15) is 0 Å². The molecule has 0 saturated carbocycles. The van der Waals surface area contributed by atoms with E-state index in [1.54, 1.807) is 35.5 Å². The molecule has 0 aliphatic carbocycles. The summed E-state index contributed by atoms with van der Waals surface area (Å²) in [6, 6.07) is 20.4. The van der Waals surface area contributed by atoms with E-state index in [0.717, 1.165) is 45.3 Å². The van der Waals surface area contributed by atoms with Gasteiger partial charge in [-0.2, -0.15) is 0 Å². The quantitative estimate of drug-likeness (QED) is 0.243. The van der Waals surface area contributed by atoms with Gasteiger partial charge in [-0.25, -0.2) is 0 Å². The molecule has 3 aromatic rings. The lowest BCUT2D eigenvalue weighted by Gasteiger charge is -2.34. The number of hydrogen-bond acceptors (Lipinski definition) is 7. The van der Waals surface area contributed by atoms with E-state index < -0.39 is 0 Å². The Bertz CT molecular complexity index is 1190. The predicted molar refractivity (Wildman–Crippen MR) is 160 cm³/mol. The van der Waals surface area contributed by atoms with E-state index in [4.69, 9.17) is 23.7 Å². The fraction of sp³-hybridized carbons (Fsp3) is 0.290. The third-order valence-electron chi connectivity index (χ3n) is 6.37. The minimum atomic E-state index is -0.285. The highest BCUT2D eigenvalue weighted by molar-refractivity contribution is 8.18. The lowest BCUT2D eigenvalue weighted by molar-refractivity contribution is 0.324. The first kappa shape index (κ1) is 27.9. The maximum Gasteiger partial charge on any atom is 0.203 e. The van der Waals surface area contributed by atoms with Crippen LogP contribution in [-0.4, -0.2) is 47.1 Å². The molecule has 1 fully saturated rings. The summed E-state index contributed by atoms with van der Waals surface area (Å²) in [5.74, 6) is 5.72. The Morgan fingerprint density at radius 2 is 1.18 bits per heavy atom. The number of allylic oxidation sites excluding steroid dienone is 2. The molecule has 38 heavy (non-hydrogen) atoms. The van der Waals surface area contributed by atoms with Crippen molar-refractivity contribution in [3.8, 4) is 28.7 Å². The van der Waals surface area contributed by atoms with Crippen LogP contribution in [-0.2, 0) is 4.08 Å². The lowest BCUT2D eigenvalue weighted by atomic mass is 9.97. The fourth-order valence-corrected chi connectivity index (χ4v) is 7.48. The Morgan fingerprint density at radius 3 is 1.61 bits per heavy atom. The molecule has 4 rings (SSSR count). The molecule has 1 heterocycles. The Kier molecular flexibility index (Phi) is 9.58. The molecule has 0 spiro atoms. The molecule has 0 amide bonds. The van der Waals surface area contributed by atoms with Crippen molar-refractivity contribution in [2.45, 2.75) is 10.5 Å². The zero-order valence-corrected chi connectivity index (χ0v) is 24.1. The lowest BCUT2D eigenvalue weighted by Crippen LogP contribution is -2.20. The van der Waals surface area contributed by atoms with Crippen molar-refractivity contribution in [2.75, 3.05) is 47.1 Å². The van der Waals surface area contributed by atoms with Gasteiger partial charge in [-0.3, -0.25) is 0 Å². The van der Waals surface area contributed by atoms with Crippen LogP contribution in [0.3, 0.4) is 0 Å². The second kappa shape index (κ2) is 13.1. The summed E-state index contributed by atoms with van der Waals surface area (Å²) in [6.07, 6.45) is 7.81. The highest BCUT2D eigenvalue weighted by Gasteiger charge is 2.35. The average molecular weight is 551 g/mol. The van der Waals surface area contributed by atoms with Gasteiger partial charge in [0.25, 0.3) is 0 Å². The minimum Gasteiger partial charge on any atom is -0.497 e. The first-order chi connectivity index (χ1) is 18.6. The molecular formula is C31H34O5S2. The Labute approximate surface area is 234 Å². The number of hydrogen-bond donors (Lipinski definition) is 0. The first-order valence-corrected chi connectivity index (χ1v) is 14.3. The van der Waals surface area contributed by atoms with Crippen LogP contribution in [0.2, 0.25) is 0 Å². The van der Waals surface area contributed by atoms with Crippen molar-refractivity contribution in [3.63, 3.8) is 0 Å². The molecule has 3 aromatic carbocycles. The first-order valence-electron chi connectivity index (χ1n) is 12.3. The molecule has 0 atom stereocenters. The molecule has 1 aliphatic heterocycles. The van der Waals surface area contributed by atoms with E-state index in [0.29, 0.717) is 17.2 Å². The van der Waals surface area contributed by atoms with Gasteiger partial charge in [0.2, 0.25) is 5.75 Å². The van der Waals surface area contributed by atoms with Crippen molar-refractivity contribution in [1.29, 1.82) is 0 Å². The third kappa shape index (κ3) is 6.11. The van der Waals surface area contributed by atoms with E-state index in [-0.39, 0.29) is 4.08 Å². The molecule has 5 nitrogen and oxygen atoms in total. The third-order valence-corrected chi connectivity index (χ3v) is 9.66. The predicted octanol–water partition coefficient (Wildman–Crippen LogP) is 7.44. The summed E-state index contributed by atoms with van der Waals surface area (Å²) >= 11 is 3.86. The summed E-state index contributed by atoms with van der Waals surface area (Å²) in [5.41, 5.74) is 4.43. The highest BCUT2D eigenvalue weighted by atomic mass is 32.2. The summed E-state index contributed by atoms with van der Waals surface area (Å²) in [4.78, 5) is 0. The van der Waals surface area contributed by atoms with Gasteiger partial charge in [-0.05, 0) is 76.6 Å². The van der Waals surface area contributed by atoms with Crippen LogP contribution in [0.15, 0.2) is 78.9 Å². The smallest absolute Gasteiger partial charge is 0.203 e. The van der Waals surface area contributed by atoms with Crippen molar-refractivity contribution in [2.24, 2.45) is 0 Å². The fourth-order valence-electron chi connectivity index (χ4n) is 4.36. The van der Waals surface area contributed by atoms with Gasteiger partial charge in [0.15, 0.2) is 11.5 Å². The SMILES string of the molecule is COc1ccc(C(=CC=CC2(c3cc(OC)c(OC)c(OC)c3)SCCCS2)c2ccc(OC)cc2)cc1. The molecule has 0 bridgehead atoms. The molecule has 7 heteroatoms. The van der Waals surface area contributed by atoms with Crippen molar-refractivity contribution < 1.29 is 23.7 Å². The zero-order valence-electron chi connectivity index (χ0n) is 22.5. The van der Waals surface area contributed by atoms with Gasteiger partial charge in [0.05, 0.1) is 35.5 Å². The van der Waals surface area contributed by atoms with Crippen LogP contribution < -0.4 is 23.7 Å². The summed E-state index contributed by atoms with van der Waals surface area (Å²) in [7, 11) is 8.30. The van der Waals surface area contributed by atoms with Crippen molar-refractivity contribution in [3.05, 3.63) is 95.6 Å². The van der Waals surface area contributed by atoms with Crippen molar-refractivity contribution in [1.82, 2.24) is 0 Å². The molecule has 1 saturated heterocycles. The Morgan fingerprint density at radius 1 is 0.684 bits per heavy atom. The van der Waals surface area contributed by atoms with Crippen LogP contribution in [0, 0.1) is 0 Å². The number of ether oxygens (including phenoxy) is 5. The summed E-state index contributed by atoms with van der Waals surface area (Å²) < 4.78 is 27.4. The van der Waals surface area contributed by atoms with E-state index >= 15 is 0 Å². The second-order valence-electron chi connectivity index (χ2n) is 8.53. The molecular weight excluding hydrogens is 516 g/mol. The number of thioether (sulfide) groups is 2. The highest BCUT2D eigenvalue weighted by Crippen LogP contribution is 2.54. The minimum absolute atomic E-state index is 0.285. The molecule has 0 aromatic heterocycles. The van der Waals surface area contributed by atoms with Crippen molar-refractivity contribution >= 4 is 29.1 Å². The van der Waals surface area contributed by atoms with Gasteiger partial charge in [-0.15, -0.1) is 23.5 Å². The van der Waals surface area contributed by atoms with E-state index in [2.05, 4.69) is 54.6 Å². The van der Waals surface area contributed by atoms with Crippen LogP contribution >= 0.6 is 23.5 Å². The van der Waals surface area contributed by atoms with Gasteiger partial charge in [0, 0.05) is 0 Å². The maximum atomic E-state index is 5.67. The van der Waals surface area contributed by atoms with Gasteiger partial charge in [-0.1, -0.05) is 42.5 Å². The molecule has 0 radical (unpaired) electrons. The Hall–Kier alpha value is -3.16. The molecule has 200 valence electrons. The molecule has 0 N–H and O–H groups in total. The summed E-state index contributed by atoms with van der Waals surface area (Å²) in [5, 5.41) is 0. The summed E-state index contributed by atoms with van der Waals surface area (Å²) in [6.45, 7) is 0. The standard InChI is InChI=1S/C31H34O5S2/c1-32-25-13-9-22(10-14-25)27(23-11-15-26(33-2)16-12-23)8-6-17-31(37-18-7-19-38-31)24-20-28(34-3)30(36-5)29(21-24)35-4/h6,8-17,20-21H,7,18-19H2,1-5H3. The van der Waals surface area contributed by atoms with Crippen LogP contribution in [0.5, 0.6) is 28.7 Å². The normalized spacial score (nSPS) is 14.6. The van der Waals surface area contributed by atoms with E-state index in [1.807, 2.05) is 47.8 Å².